The smallest absolute Gasteiger partial charge is 0.408 e. The van der Waals surface area contributed by atoms with Crippen LogP contribution in [0.4, 0.5) is 4.79 Å². The van der Waals surface area contributed by atoms with Crippen molar-refractivity contribution in [2.75, 3.05) is 26.9 Å². The molecule has 1 aliphatic rings. The minimum Gasteiger partial charge on any atom is -0.494 e. The molecule has 0 aliphatic carbocycles. The van der Waals surface area contributed by atoms with E-state index in [0.29, 0.717) is 6.61 Å². The maximum atomic E-state index is 12.5. The van der Waals surface area contributed by atoms with Gasteiger partial charge in [0.2, 0.25) is 0 Å². The molecule has 1 aliphatic heterocycles. The second-order valence-corrected chi connectivity index (χ2v) is 7.92. The van der Waals surface area contributed by atoms with Crippen LogP contribution >= 0.6 is 0 Å². The highest BCUT2D eigenvalue weighted by Gasteiger charge is 2.51. The Morgan fingerprint density at radius 2 is 1.93 bits per heavy atom. The molecule has 1 aromatic carbocycles. The molecule has 156 valence electrons. The summed E-state index contributed by atoms with van der Waals surface area (Å²) in [6.45, 7) is 8.38. The van der Waals surface area contributed by atoms with E-state index >= 15 is 0 Å². The molecule has 0 bridgehead atoms. The summed E-state index contributed by atoms with van der Waals surface area (Å²) in [6, 6.07) is 7.33. The van der Waals surface area contributed by atoms with Gasteiger partial charge in [-0.15, -0.1) is 0 Å². The van der Waals surface area contributed by atoms with Crippen LogP contribution < -0.4 is 10.1 Å². The van der Waals surface area contributed by atoms with Crippen molar-refractivity contribution >= 4 is 12.1 Å². The average molecular weight is 393 g/mol. The summed E-state index contributed by atoms with van der Waals surface area (Å²) in [5.41, 5.74) is -1.01. The summed E-state index contributed by atoms with van der Waals surface area (Å²) in [5.74, 6) is -0.396. The van der Waals surface area contributed by atoms with Crippen LogP contribution in [0.5, 0.6) is 5.75 Å². The summed E-state index contributed by atoms with van der Waals surface area (Å²) in [7, 11) is 1.32. The molecule has 1 fully saturated rings. The molecule has 0 aromatic heterocycles. The molecule has 28 heavy (non-hydrogen) atoms. The third-order valence-electron chi connectivity index (χ3n) is 4.55. The maximum Gasteiger partial charge on any atom is 0.408 e. The van der Waals surface area contributed by atoms with E-state index in [9.17, 15) is 9.59 Å². The number of unbranched alkanes of at least 4 members (excludes halogenated alkanes) is 1. The number of methoxy groups -OCH3 is 1. The van der Waals surface area contributed by atoms with Crippen LogP contribution in [0.15, 0.2) is 24.3 Å². The molecule has 7 heteroatoms. The number of rotatable bonds is 7. The predicted molar refractivity (Wildman–Crippen MR) is 104 cm³/mol. The van der Waals surface area contributed by atoms with Crippen molar-refractivity contribution in [1.29, 1.82) is 0 Å². The van der Waals surface area contributed by atoms with Crippen molar-refractivity contribution < 1.29 is 28.5 Å². The number of benzene rings is 1. The third kappa shape index (κ3) is 5.38. The van der Waals surface area contributed by atoms with Crippen molar-refractivity contribution in [2.24, 2.45) is 5.92 Å². The largest absolute Gasteiger partial charge is 0.494 e. The van der Waals surface area contributed by atoms with Gasteiger partial charge in [0.1, 0.15) is 22.8 Å². The van der Waals surface area contributed by atoms with Gasteiger partial charge in [0, 0.05) is 0 Å². The maximum absolute atomic E-state index is 12.5. The molecule has 0 saturated carbocycles. The number of alkyl carbamates (subject to hydrolysis) is 1. The molecule has 0 radical (unpaired) electrons. The van der Waals surface area contributed by atoms with Gasteiger partial charge in [0.05, 0.1) is 26.9 Å². The number of nitrogens with one attached hydrogen (secondary N) is 1. The van der Waals surface area contributed by atoms with Crippen molar-refractivity contribution in [1.82, 2.24) is 5.32 Å². The van der Waals surface area contributed by atoms with E-state index in [4.69, 9.17) is 18.9 Å². The standard InChI is InChI=1S/C21H31NO6/c1-6-7-12-27-16-10-8-15(9-11-16)21(22-19(24)28-20(2,3)4)14-26-13-17(21)18(23)25-5/h8-11,17H,6-7,12-14H2,1-5H3,(H,22,24)/t17?,21-/m1/s1. The second kappa shape index (κ2) is 9.28. The Bertz CT molecular complexity index is 666. The number of hydrogen-bond donors (Lipinski definition) is 1. The molecule has 2 rings (SSSR count). The Hall–Kier alpha value is -2.28. The van der Waals surface area contributed by atoms with E-state index in [2.05, 4.69) is 12.2 Å². The first-order valence-corrected chi connectivity index (χ1v) is 9.62. The first-order chi connectivity index (χ1) is 13.2. The molecule has 1 amide bonds. The molecule has 1 unspecified atom stereocenters. The van der Waals surface area contributed by atoms with Gasteiger partial charge in [0.25, 0.3) is 0 Å². The summed E-state index contributed by atoms with van der Waals surface area (Å²) >= 11 is 0. The fraction of sp³-hybridized carbons (Fsp3) is 0.619. The van der Waals surface area contributed by atoms with E-state index in [-0.39, 0.29) is 13.2 Å². The Morgan fingerprint density at radius 1 is 1.25 bits per heavy atom. The van der Waals surface area contributed by atoms with Crippen LogP contribution in [0.1, 0.15) is 46.1 Å². The minimum atomic E-state index is -1.07. The van der Waals surface area contributed by atoms with Gasteiger partial charge in [-0.1, -0.05) is 25.5 Å². The van der Waals surface area contributed by atoms with Crippen molar-refractivity contribution in [2.45, 2.75) is 51.7 Å². The number of carbonyl (C=O) groups excluding carboxylic acids is 2. The highest BCUT2D eigenvalue weighted by molar-refractivity contribution is 5.78. The number of amides is 1. The molecule has 1 saturated heterocycles. The topological polar surface area (TPSA) is 83.1 Å². The number of ether oxygens (including phenoxy) is 4. The highest BCUT2D eigenvalue weighted by atomic mass is 16.6. The SMILES string of the molecule is CCCCOc1ccc([C@]2(NC(=O)OC(C)(C)C)COCC2C(=O)OC)cc1. The van der Waals surface area contributed by atoms with Crippen LogP contribution in [0.25, 0.3) is 0 Å². The number of hydrogen-bond acceptors (Lipinski definition) is 6. The lowest BCUT2D eigenvalue weighted by Gasteiger charge is -2.34. The lowest BCUT2D eigenvalue weighted by Crippen LogP contribution is -2.54. The summed E-state index contributed by atoms with van der Waals surface area (Å²) in [4.78, 5) is 24.9. The van der Waals surface area contributed by atoms with Gasteiger partial charge < -0.3 is 24.3 Å². The zero-order valence-corrected chi connectivity index (χ0v) is 17.4. The van der Waals surface area contributed by atoms with E-state index in [0.717, 1.165) is 24.2 Å². The van der Waals surface area contributed by atoms with Gasteiger partial charge in [0.15, 0.2) is 0 Å². The van der Waals surface area contributed by atoms with Crippen molar-refractivity contribution in [3.8, 4) is 5.75 Å². The lowest BCUT2D eigenvalue weighted by molar-refractivity contribution is -0.147. The molecular formula is C21H31NO6. The Morgan fingerprint density at radius 3 is 2.50 bits per heavy atom. The average Bonchev–Trinajstić information content (AvgIpc) is 3.04. The number of esters is 1. The molecule has 0 spiro atoms. The zero-order chi connectivity index (χ0) is 20.8. The van der Waals surface area contributed by atoms with Crippen LogP contribution in [0.3, 0.4) is 0 Å². The quantitative estimate of drug-likeness (QED) is 0.565. The summed E-state index contributed by atoms with van der Waals surface area (Å²) < 4.78 is 21.7. The van der Waals surface area contributed by atoms with Crippen LogP contribution in [-0.4, -0.2) is 44.6 Å². The van der Waals surface area contributed by atoms with E-state index in [1.54, 1.807) is 20.8 Å². The molecular weight excluding hydrogens is 362 g/mol. The third-order valence-corrected chi connectivity index (χ3v) is 4.55. The fourth-order valence-corrected chi connectivity index (χ4v) is 3.14. The van der Waals surface area contributed by atoms with Crippen molar-refractivity contribution in [3.05, 3.63) is 29.8 Å². The monoisotopic (exact) mass is 393 g/mol. The summed E-state index contributed by atoms with van der Waals surface area (Å²) in [5, 5.41) is 2.87. The Balaban J connectivity index is 2.30. The van der Waals surface area contributed by atoms with Crippen LogP contribution in [-0.2, 0) is 24.5 Å². The van der Waals surface area contributed by atoms with E-state index < -0.39 is 29.1 Å². The van der Waals surface area contributed by atoms with Gasteiger partial charge in [-0.05, 0) is 44.9 Å². The summed E-state index contributed by atoms with van der Waals surface area (Å²) in [6.07, 6.45) is 1.42. The van der Waals surface area contributed by atoms with Gasteiger partial charge in [-0.2, -0.15) is 0 Å². The van der Waals surface area contributed by atoms with Crippen LogP contribution in [0, 0.1) is 5.92 Å². The van der Waals surface area contributed by atoms with Gasteiger partial charge >= 0.3 is 12.1 Å². The van der Waals surface area contributed by atoms with E-state index in [1.807, 2.05) is 24.3 Å². The second-order valence-electron chi connectivity index (χ2n) is 7.92. The normalized spacial score (nSPS) is 21.8. The molecule has 1 aromatic rings. The molecule has 1 heterocycles. The highest BCUT2D eigenvalue weighted by Crippen LogP contribution is 2.37. The number of carbonyl (C=O) groups is 2. The van der Waals surface area contributed by atoms with Crippen LogP contribution in [0.2, 0.25) is 0 Å². The zero-order valence-electron chi connectivity index (χ0n) is 17.4. The minimum absolute atomic E-state index is 0.141. The first-order valence-electron chi connectivity index (χ1n) is 9.62. The first kappa shape index (κ1) is 22.0. The predicted octanol–water partition coefficient (Wildman–Crippen LogP) is 3.40. The Kier molecular flexibility index (Phi) is 7.29. The molecule has 7 nitrogen and oxygen atoms in total. The molecule has 2 atom stereocenters. The Labute approximate surface area is 166 Å². The van der Waals surface area contributed by atoms with E-state index in [1.165, 1.54) is 7.11 Å². The van der Waals surface area contributed by atoms with Gasteiger partial charge in [-0.3, -0.25) is 4.79 Å². The lowest BCUT2D eigenvalue weighted by atomic mass is 9.80. The van der Waals surface area contributed by atoms with Gasteiger partial charge in [-0.25, -0.2) is 4.79 Å². The van der Waals surface area contributed by atoms with Crippen molar-refractivity contribution in [3.63, 3.8) is 0 Å². The fourth-order valence-electron chi connectivity index (χ4n) is 3.14. The molecule has 1 N–H and O–H groups in total.